The second kappa shape index (κ2) is 6.39. The summed E-state index contributed by atoms with van der Waals surface area (Å²) in [5.41, 5.74) is -1.10. The van der Waals surface area contributed by atoms with Crippen LogP contribution in [0, 0.1) is 5.41 Å². The Hall–Kier alpha value is -0.360. The number of carbonyl (C=O) groups excluding carboxylic acids is 2. The summed E-state index contributed by atoms with van der Waals surface area (Å²) in [6, 6.07) is 0. The van der Waals surface area contributed by atoms with E-state index in [2.05, 4.69) is 0 Å². The molecular weight excluding hydrogens is 248 g/mol. The molecule has 1 aliphatic rings. The average Bonchev–Trinajstić information content (AvgIpc) is 2.30. The van der Waals surface area contributed by atoms with E-state index in [1.807, 2.05) is 0 Å². The van der Waals surface area contributed by atoms with Gasteiger partial charge in [0.05, 0.1) is 13.2 Å². The van der Waals surface area contributed by atoms with E-state index in [-0.39, 0.29) is 13.2 Å². The molecule has 1 fully saturated rings. The molecule has 0 amide bonds. The normalized spacial score (nSPS) is 18.9. The van der Waals surface area contributed by atoms with E-state index in [1.54, 1.807) is 37.4 Å². The van der Waals surface area contributed by atoms with Gasteiger partial charge in [0.1, 0.15) is 0 Å². The van der Waals surface area contributed by atoms with E-state index >= 15 is 0 Å². The van der Waals surface area contributed by atoms with Gasteiger partial charge in [-0.1, -0.05) is 0 Å². The fourth-order valence-electron chi connectivity index (χ4n) is 1.39. The highest BCUT2D eigenvalue weighted by Gasteiger charge is 2.50. The molecule has 6 heteroatoms. The maximum Gasteiger partial charge on any atom is 0.325 e. The lowest BCUT2D eigenvalue weighted by molar-refractivity contribution is -0.168. The van der Waals surface area contributed by atoms with Crippen LogP contribution >= 0.6 is 23.5 Å². The number of esters is 2. The van der Waals surface area contributed by atoms with Crippen LogP contribution in [0.5, 0.6) is 0 Å². The van der Waals surface area contributed by atoms with Gasteiger partial charge in [0, 0.05) is 16.6 Å². The average molecular weight is 264 g/mol. The molecular formula is C10H16O4S2. The van der Waals surface area contributed by atoms with Crippen molar-refractivity contribution in [3.63, 3.8) is 0 Å². The molecule has 0 aliphatic carbocycles. The van der Waals surface area contributed by atoms with Crippen LogP contribution in [0.3, 0.4) is 0 Å². The van der Waals surface area contributed by atoms with Crippen LogP contribution in [-0.2, 0) is 19.1 Å². The summed E-state index contributed by atoms with van der Waals surface area (Å²) < 4.78 is 9.97. The molecule has 0 atom stereocenters. The molecule has 1 heterocycles. The molecule has 92 valence electrons. The van der Waals surface area contributed by atoms with Crippen LogP contribution in [-0.4, -0.2) is 41.7 Å². The van der Waals surface area contributed by atoms with Gasteiger partial charge < -0.3 is 9.47 Å². The van der Waals surface area contributed by atoms with Crippen LogP contribution in [0.2, 0.25) is 0 Å². The van der Waals surface area contributed by atoms with Gasteiger partial charge in [-0.3, -0.25) is 9.59 Å². The Bertz CT molecular complexity index is 242. The number of hydrogen-bond donors (Lipinski definition) is 0. The summed E-state index contributed by atoms with van der Waals surface area (Å²) in [5.74, 6) is 0.0105. The van der Waals surface area contributed by atoms with Crippen LogP contribution in [0.1, 0.15) is 13.8 Å². The van der Waals surface area contributed by atoms with Crippen molar-refractivity contribution in [3.8, 4) is 0 Å². The summed E-state index contributed by atoms with van der Waals surface area (Å²) in [7, 11) is 0. The standard InChI is InChI=1S/C10H16O4S2/c1-3-13-8(11)10(9(12)14-4-2)5-15-7-16-6-10/h3-7H2,1-2H3. The van der Waals surface area contributed by atoms with Gasteiger partial charge in [-0.15, -0.1) is 23.5 Å². The van der Waals surface area contributed by atoms with Gasteiger partial charge in [0.25, 0.3) is 0 Å². The van der Waals surface area contributed by atoms with Gasteiger partial charge in [0.15, 0.2) is 5.41 Å². The van der Waals surface area contributed by atoms with Crippen molar-refractivity contribution in [1.82, 2.24) is 0 Å². The van der Waals surface area contributed by atoms with E-state index in [4.69, 9.17) is 9.47 Å². The molecule has 0 saturated carbocycles. The Morgan fingerprint density at radius 3 is 1.88 bits per heavy atom. The zero-order chi connectivity index (χ0) is 12.0. The molecule has 0 bridgehead atoms. The molecule has 0 unspecified atom stereocenters. The largest absolute Gasteiger partial charge is 0.465 e. The molecule has 0 radical (unpaired) electrons. The van der Waals surface area contributed by atoms with Crippen molar-refractivity contribution in [1.29, 1.82) is 0 Å². The Morgan fingerprint density at radius 1 is 1.06 bits per heavy atom. The monoisotopic (exact) mass is 264 g/mol. The third kappa shape index (κ3) is 2.85. The first-order chi connectivity index (χ1) is 7.67. The van der Waals surface area contributed by atoms with Gasteiger partial charge in [-0.25, -0.2) is 0 Å². The zero-order valence-corrected chi connectivity index (χ0v) is 11.1. The minimum Gasteiger partial charge on any atom is -0.465 e. The van der Waals surface area contributed by atoms with Crippen molar-refractivity contribution in [2.75, 3.05) is 29.8 Å². The Morgan fingerprint density at radius 2 is 1.50 bits per heavy atom. The number of carbonyl (C=O) groups is 2. The second-order valence-corrected chi connectivity index (χ2v) is 5.67. The van der Waals surface area contributed by atoms with Crippen molar-refractivity contribution in [2.45, 2.75) is 13.8 Å². The van der Waals surface area contributed by atoms with Crippen LogP contribution < -0.4 is 0 Å². The molecule has 1 rings (SSSR count). The van der Waals surface area contributed by atoms with Crippen molar-refractivity contribution in [3.05, 3.63) is 0 Å². The third-order valence-corrected chi connectivity index (χ3v) is 4.92. The summed E-state index contributed by atoms with van der Waals surface area (Å²) in [5, 5.41) is 0.903. The molecule has 1 aliphatic heterocycles. The summed E-state index contributed by atoms with van der Waals surface area (Å²) >= 11 is 3.14. The minimum absolute atomic E-state index is 0.287. The third-order valence-electron chi connectivity index (χ3n) is 2.20. The zero-order valence-electron chi connectivity index (χ0n) is 9.49. The number of rotatable bonds is 4. The summed E-state index contributed by atoms with van der Waals surface area (Å²) in [6.07, 6.45) is 0. The lowest BCUT2D eigenvalue weighted by Crippen LogP contribution is -2.47. The Kier molecular flexibility index (Phi) is 5.48. The fraction of sp³-hybridized carbons (Fsp3) is 0.800. The van der Waals surface area contributed by atoms with E-state index in [9.17, 15) is 9.59 Å². The number of hydrogen-bond acceptors (Lipinski definition) is 6. The number of thioether (sulfide) groups is 2. The minimum atomic E-state index is -1.10. The molecule has 0 N–H and O–H groups in total. The van der Waals surface area contributed by atoms with Crippen molar-refractivity contribution in [2.24, 2.45) is 5.41 Å². The van der Waals surface area contributed by atoms with E-state index in [1.165, 1.54) is 0 Å². The molecule has 1 saturated heterocycles. The quantitative estimate of drug-likeness (QED) is 0.567. The fourth-order valence-corrected chi connectivity index (χ4v) is 4.03. The van der Waals surface area contributed by atoms with E-state index < -0.39 is 17.4 Å². The van der Waals surface area contributed by atoms with Crippen molar-refractivity contribution >= 4 is 35.5 Å². The summed E-state index contributed by atoms with van der Waals surface area (Å²) in [6.45, 7) is 4.05. The molecule has 4 nitrogen and oxygen atoms in total. The molecule has 0 spiro atoms. The highest BCUT2D eigenvalue weighted by Crippen LogP contribution is 2.37. The molecule has 0 aromatic rings. The molecule has 0 aromatic heterocycles. The van der Waals surface area contributed by atoms with Gasteiger partial charge in [-0.2, -0.15) is 0 Å². The first-order valence-electron chi connectivity index (χ1n) is 5.17. The first-order valence-corrected chi connectivity index (χ1v) is 7.48. The summed E-state index contributed by atoms with van der Waals surface area (Å²) in [4.78, 5) is 23.8. The topological polar surface area (TPSA) is 52.6 Å². The Balaban J connectivity index is 2.82. The second-order valence-electron chi connectivity index (χ2n) is 3.34. The van der Waals surface area contributed by atoms with Gasteiger partial charge in [0.2, 0.25) is 0 Å². The van der Waals surface area contributed by atoms with Gasteiger partial charge in [-0.05, 0) is 13.8 Å². The SMILES string of the molecule is CCOC(=O)C1(C(=O)OCC)CSCSC1. The molecule has 0 aromatic carbocycles. The predicted molar refractivity (Wildman–Crippen MR) is 65.5 cm³/mol. The predicted octanol–water partition coefficient (Wildman–Crippen LogP) is 1.54. The van der Waals surface area contributed by atoms with E-state index in [0.29, 0.717) is 11.5 Å². The lowest BCUT2D eigenvalue weighted by atomic mass is 9.93. The smallest absolute Gasteiger partial charge is 0.325 e. The van der Waals surface area contributed by atoms with Crippen LogP contribution in [0.15, 0.2) is 0 Å². The maximum absolute atomic E-state index is 11.9. The lowest BCUT2D eigenvalue weighted by Gasteiger charge is -2.31. The van der Waals surface area contributed by atoms with Crippen molar-refractivity contribution < 1.29 is 19.1 Å². The first kappa shape index (κ1) is 13.7. The number of ether oxygens (including phenoxy) is 2. The van der Waals surface area contributed by atoms with E-state index in [0.717, 1.165) is 5.08 Å². The van der Waals surface area contributed by atoms with Gasteiger partial charge >= 0.3 is 11.9 Å². The van der Waals surface area contributed by atoms with Crippen LogP contribution in [0.4, 0.5) is 0 Å². The highest BCUT2D eigenvalue weighted by molar-refractivity contribution is 8.16. The molecule has 16 heavy (non-hydrogen) atoms. The highest BCUT2D eigenvalue weighted by atomic mass is 32.2. The van der Waals surface area contributed by atoms with Crippen LogP contribution in [0.25, 0.3) is 0 Å². The maximum atomic E-state index is 11.9. The Labute approximate surface area is 104 Å².